The highest BCUT2D eigenvalue weighted by Gasteiger charge is 2.31. The standard InChI is InChI=1S/C10H7F4N3/c11-4-6-1-7(9-15-5-16-17-9)3-8(2-6)10(12,13)14/h1-3,5H,4H2,(H,15,16,17). The van der Waals surface area contributed by atoms with E-state index in [0.29, 0.717) is 0 Å². The van der Waals surface area contributed by atoms with Gasteiger partial charge in [0.1, 0.15) is 13.0 Å². The molecule has 2 rings (SSSR count). The molecule has 0 radical (unpaired) electrons. The van der Waals surface area contributed by atoms with Gasteiger partial charge in [0.2, 0.25) is 0 Å². The van der Waals surface area contributed by atoms with E-state index >= 15 is 0 Å². The third-order valence-corrected chi connectivity index (χ3v) is 2.15. The number of aromatic amines is 1. The van der Waals surface area contributed by atoms with E-state index in [-0.39, 0.29) is 17.0 Å². The summed E-state index contributed by atoms with van der Waals surface area (Å²) in [7, 11) is 0. The minimum atomic E-state index is -4.52. The lowest BCUT2D eigenvalue weighted by molar-refractivity contribution is -0.137. The van der Waals surface area contributed by atoms with E-state index < -0.39 is 18.4 Å². The Bertz CT molecular complexity index is 505. The summed E-state index contributed by atoms with van der Waals surface area (Å²) in [6.07, 6.45) is -3.28. The van der Waals surface area contributed by atoms with Crippen molar-refractivity contribution in [3.05, 3.63) is 35.7 Å². The fourth-order valence-electron chi connectivity index (χ4n) is 1.41. The lowest BCUT2D eigenvalue weighted by Gasteiger charge is -2.09. The maximum atomic E-state index is 12.6. The van der Waals surface area contributed by atoms with Crippen molar-refractivity contribution in [3.63, 3.8) is 0 Å². The highest BCUT2D eigenvalue weighted by atomic mass is 19.4. The monoisotopic (exact) mass is 245 g/mol. The van der Waals surface area contributed by atoms with Gasteiger partial charge in [-0.1, -0.05) is 0 Å². The molecule has 1 aromatic heterocycles. The normalized spacial score (nSPS) is 11.8. The molecule has 1 aromatic carbocycles. The number of nitrogens with one attached hydrogen (secondary N) is 1. The van der Waals surface area contributed by atoms with Crippen LogP contribution in [-0.2, 0) is 12.9 Å². The first-order chi connectivity index (χ1) is 8.00. The van der Waals surface area contributed by atoms with Crippen molar-refractivity contribution in [1.29, 1.82) is 0 Å². The largest absolute Gasteiger partial charge is 0.416 e. The number of rotatable bonds is 2. The van der Waals surface area contributed by atoms with Crippen molar-refractivity contribution in [2.45, 2.75) is 12.9 Å². The molecule has 0 saturated carbocycles. The van der Waals surface area contributed by atoms with Crippen molar-refractivity contribution in [3.8, 4) is 11.4 Å². The van der Waals surface area contributed by atoms with E-state index in [4.69, 9.17) is 0 Å². The fourth-order valence-corrected chi connectivity index (χ4v) is 1.41. The Kier molecular flexibility index (Phi) is 2.83. The molecule has 1 N–H and O–H groups in total. The maximum absolute atomic E-state index is 12.6. The van der Waals surface area contributed by atoms with E-state index in [2.05, 4.69) is 15.2 Å². The maximum Gasteiger partial charge on any atom is 0.416 e. The van der Waals surface area contributed by atoms with E-state index in [0.717, 1.165) is 12.1 Å². The second-order valence-electron chi connectivity index (χ2n) is 3.37. The Hall–Kier alpha value is -1.92. The predicted molar refractivity (Wildman–Crippen MR) is 51.6 cm³/mol. The average molecular weight is 245 g/mol. The van der Waals surface area contributed by atoms with E-state index in [1.165, 1.54) is 12.4 Å². The zero-order valence-electron chi connectivity index (χ0n) is 8.42. The number of hydrogen-bond donors (Lipinski definition) is 1. The lowest BCUT2D eigenvalue weighted by Crippen LogP contribution is -2.06. The molecule has 0 unspecified atom stereocenters. The average Bonchev–Trinajstić information content (AvgIpc) is 2.80. The second kappa shape index (κ2) is 4.15. The topological polar surface area (TPSA) is 41.6 Å². The SMILES string of the molecule is FCc1cc(-c2nc[nH]n2)cc(C(F)(F)F)c1. The van der Waals surface area contributed by atoms with Crippen LogP contribution in [0.4, 0.5) is 17.6 Å². The van der Waals surface area contributed by atoms with Crippen LogP contribution in [0.5, 0.6) is 0 Å². The first kappa shape index (κ1) is 11.6. The summed E-state index contributed by atoms with van der Waals surface area (Å²) in [4.78, 5) is 3.73. The fraction of sp³-hybridized carbons (Fsp3) is 0.200. The molecule has 3 nitrogen and oxygen atoms in total. The number of aromatic nitrogens is 3. The molecule has 0 spiro atoms. The summed E-state index contributed by atoms with van der Waals surface area (Å²) in [5.41, 5.74) is -0.833. The Balaban J connectivity index is 2.54. The number of H-pyrrole nitrogens is 1. The molecule has 2 aromatic rings. The van der Waals surface area contributed by atoms with Crippen LogP contribution >= 0.6 is 0 Å². The first-order valence-corrected chi connectivity index (χ1v) is 4.64. The number of benzene rings is 1. The molecule has 0 aliphatic heterocycles. The minimum absolute atomic E-state index is 0.0559. The summed E-state index contributed by atoms with van der Waals surface area (Å²) < 4.78 is 50.2. The van der Waals surface area contributed by atoms with Gasteiger partial charge in [0.15, 0.2) is 5.82 Å². The Morgan fingerprint density at radius 3 is 2.47 bits per heavy atom. The molecular formula is C10H7F4N3. The van der Waals surface area contributed by atoms with Gasteiger partial charge >= 0.3 is 6.18 Å². The van der Waals surface area contributed by atoms with Gasteiger partial charge < -0.3 is 0 Å². The molecule has 0 amide bonds. The lowest BCUT2D eigenvalue weighted by atomic mass is 10.1. The molecular weight excluding hydrogens is 238 g/mol. The molecule has 7 heteroatoms. The highest BCUT2D eigenvalue weighted by molar-refractivity contribution is 5.57. The van der Waals surface area contributed by atoms with E-state index in [1.807, 2.05) is 0 Å². The van der Waals surface area contributed by atoms with Crippen LogP contribution in [0.15, 0.2) is 24.5 Å². The minimum Gasteiger partial charge on any atom is -0.265 e. The zero-order valence-corrected chi connectivity index (χ0v) is 8.42. The van der Waals surface area contributed by atoms with Crippen LogP contribution in [-0.4, -0.2) is 15.2 Å². The molecule has 0 aliphatic carbocycles. The Morgan fingerprint density at radius 1 is 1.18 bits per heavy atom. The van der Waals surface area contributed by atoms with Gasteiger partial charge in [-0.15, -0.1) is 0 Å². The van der Waals surface area contributed by atoms with Gasteiger partial charge in [0.25, 0.3) is 0 Å². The number of halogens is 4. The third kappa shape index (κ3) is 2.43. The van der Waals surface area contributed by atoms with Gasteiger partial charge in [-0.2, -0.15) is 18.3 Å². The van der Waals surface area contributed by atoms with Crippen LogP contribution in [0.25, 0.3) is 11.4 Å². The molecule has 0 atom stereocenters. The van der Waals surface area contributed by atoms with Crippen LogP contribution in [0, 0.1) is 0 Å². The van der Waals surface area contributed by atoms with Gasteiger partial charge in [-0.05, 0) is 23.8 Å². The molecule has 0 saturated heterocycles. The molecule has 0 fully saturated rings. The van der Waals surface area contributed by atoms with E-state index in [1.54, 1.807) is 0 Å². The highest BCUT2D eigenvalue weighted by Crippen LogP contribution is 2.32. The Morgan fingerprint density at radius 2 is 1.94 bits per heavy atom. The van der Waals surface area contributed by atoms with Crippen molar-refractivity contribution in [2.75, 3.05) is 0 Å². The molecule has 0 aliphatic rings. The summed E-state index contributed by atoms with van der Waals surface area (Å²) >= 11 is 0. The molecule has 1 heterocycles. The van der Waals surface area contributed by atoms with E-state index in [9.17, 15) is 17.6 Å². The van der Waals surface area contributed by atoms with Gasteiger partial charge in [0.05, 0.1) is 5.56 Å². The summed E-state index contributed by atoms with van der Waals surface area (Å²) in [6, 6.07) is 2.96. The number of nitrogens with zero attached hydrogens (tertiary/aromatic N) is 2. The quantitative estimate of drug-likeness (QED) is 0.826. The van der Waals surface area contributed by atoms with Crippen LogP contribution < -0.4 is 0 Å². The molecule has 17 heavy (non-hydrogen) atoms. The van der Waals surface area contributed by atoms with Crippen molar-refractivity contribution >= 4 is 0 Å². The van der Waals surface area contributed by atoms with Gasteiger partial charge in [-0.25, -0.2) is 9.37 Å². The van der Waals surface area contributed by atoms with Crippen molar-refractivity contribution < 1.29 is 17.6 Å². The summed E-state index contributed by atoms with van der Waals surface area (Å²) in [6.45, 7) is -0.971. The second-order valence-corrected chi connectivity index (χ2v) is 3.37. The van der Waals surface area contributed by atoms with Gasteiger partial charge in [-0.3, -0.25) is 5.10 Å². The van der Waals surface area contributed by atoms with Crippen molar-refractivity contribution in [1.82, 2.24) is 15.2 Å². The van der Waals surface area contributed by atoms with Crippen molar-refractivity contribution in [2.24, 2.45) is 0 Å². The first-order valence-electron chi connectivity index (χ1n) is 4.64. The third-order valence-electron chi connectivity index (χ3n) is 2.15. The Labute approximate surface area is 93.5 Å². The predicted octanol–water partition coefficient (Wildman–Crippen LogP) is 2.96. The number of hydrogen-bond acceptors (Lipinski definition) is 2. The smallest absolute Gasteiger partial charge is 0.265 e. The van der Waals surface area contributed by atoms with Crippen LogP contribution in [0.3, 0.4) is 0 Å². The van der Waals surface area contributed by atoms with Crippen LogP contribution in [0.2, 0.25) is 0 Å². The van der Waals surface area contributed by atoms with Crippen LogP contribution in [0.1, 0.15) is 11.1 Å². The molecule has 0 bridgehead atoms. The number of alkyl halides is 4. The van der Waals surface area contributed by atoms with Gasteiger partial charge in [0, 0.05) is 5.56 Å². The summed E-state index contributed by atoms with van der Waals surface area (Å²) in [5, 5.41) is 6.05. The zero-order chi connectivity index (χ0) is 12.5. The molecule has 90 valence electrons. The summed E-state index contributed by atoms with van der Waals surface area (Å²) in [5.74, 6) is 0.103.